The number of anilines is 1. The summed E-state index contributed by atoms with van der Waals surface area (Å²) in [4.78, 5) is 20.7. The second kappa shape index (κ2) is 10.8. The summed E-state index contributed by atoms with van der Waals surface area (Å²) < 4.78 is 58.0. The largest absolute Gasteiger partial charge is 0.345 e. The molecule has 1 aliphatic rings. The van der Waals surface area contributed by atoms with Crippen LogP contribution in [0.2, 0.25) is 0 Å². The number of aromatic amines is 1. The Morgan fingerprint density at radius 3 is 2.51 bits per heavy atom. The molecular weight excluding hydrogens is 524 g/mol. The van der Waals surface area contributed by atoms with E-state index < -0.39 is 38.9 Å². The van der Waals surface area contributed by atoms with Crippen LogP contribution in [0.15, 0.2) is 54.9 Å². The highest BCUT2D eigenvalue weighted by molar-refractivity contribution is 7.90. The second-order valence-electron chi connectivity index (χ2n) is 9.60. The van der Waals surface area contributed by atoms with Crippen molar-refractivity contribution in [1.82, 2.24) is 19.6 Å². The van der Waals surface area contributed by atoms with Gasteiger partial charge in [-0.25, -0.2) is 13.8 Å². The molecule has 0 spiro atoms. The summed E-state index contributed by atoms with van der Waals surface area (Å²) in [6.45, 7) is 3.75. The number of halogens is 2. The number of carbonyl (C=O) groups is 1. The van der Waals surface area contributed by atoms with Gasteiger partial charge in [-0.1, -0.05) is 31.2 Å². The van der Waals surface area contributed by atoms with Crippen molar-refractivity contribution < 1.29 is 22.0 Å². The van der Waals surface area contributed by atoms with Crippen LogP contribution < -0.4 is 10.0 Å². The number of nitrogens with zero attached hydrogens (tertiary/aromatic N) is 2. The zero-order chi connectivity index (χ0) is 27.7. The van der Waals surface area contributed by atoms with Crippen LogP contribution >= 0.6 is 0 Å². The Kier molecular flexibility index (Phi) is 7.48. The van der Waals surface area contributed by atoms with Gasteiger partial charge in [0, 0.05) is 42.5 Å². The predicted molar refractivity (Wildman–Crippen MR) is 147 cm³/mol. The monoisotopic (exact) mass is 553 g/mol. The summed E-state index contributed by atoms with van der Waals surface area (Å²) in [6, 6.07) is 11.8. The first-order valence-electron chi connectivity index (χ1n) is 12.7. The van der Waals surface area contributed by atoms with Crippen LogP contribution in [0, 0.1) is 11.6 Å². The maximum Gasteiger partial charge on any atom is 0.301 e. The molecular formula is C28H29F2N5O3S. The Morgan fingerprint density at radius 2 is 1.82 bits per heavy atom. The SMILES string of the molecule is CCN(C)S(=O)(=O)Nc1ccc(F)c(C(=O)c2c[nH]c3ncc(-c4ccc(C5CCNCC5)cc4)cc23)c1F. The molecule has 0 radical (unpaired) electrons. The molecule has 0 bridgehead atoms. The minimum atomic E-state index is -4.09. The van der Waals surface area contributed by atoms with E-state index >= 15 is 4.39 Å². The van der Waals surface area contributed by atoms with Gasteiger partial charge in [0.15, 0.2) is 5.82 Å². The van der Waals surface area contributed by atoms with Gasteiger partial charge in [0.25, 0.3) is 0 Å². The Hall–Kier alpha value is -3.67. The van der Waals surface area contributed by atoms with Crippen molar-refractivity contribution in [3.63, 3.8) is 0 Å². The van der Waals surface area contributed by atoms with Gasteiger partial charge in [0.2, 0.25) is 5.78 Å². The fourth-order valence-electron chi connectivity index (χ4n) is 4.81. The van der Waals surface area contributed by atoms with E-state index in [-0.39, 0.29) is 12.1 Å². The summed E-state index contributed by atoms with van der Waals surface area (Å²) in [5.41, 5.74) is 1.95. The van der Waals surface area contributed by atoms with E-state index in [4.69, 9.17) is 0 Å². The van der Waals surface area contributed by atoms with Crippen LogP contribution in [0.5, 0.6) is 0 Å². The molecule has 3 heterocycles. The first kappa shape index (κ1) is 26.9. The number of hydrogen-bond acceptors (Lipinski definition) is 5. The number of benzene rings is 2. The molecule has 1 aliphatic heterocycles. The molecule has 5 rings (SSSR count). The van der Waals surface area contributed by atoms with E-state index in [0.29, 0.717) is 17.0 Å². The summed E-state index contributed by atoms with van der Waals surface area (Å²) in [5.74, 6) is -2.81. The number of aromatic nitrogens is 2. The molecule has 11 heteroatoms. The molecule has 0 unspecified atom stereocenters. The molecule has 204 valence electrons. The fourth-order valence-corrected chi connectivity index (χ4v) is 5.74. The lowest BCUT2D eigenvalue weighted by atomic mass is 9.89. The number of piperidine rings is 1. The Balaban J connectivity index is 1.48. The predicted octanol–water partition coefficient (Wildman–Crippen LogP) is 4.81. The third-order valence-electron chi connectivity index (χ3n) is 7.24. The highest BCUT2D eigenvalue weighted by Crippen LogP contribution is 2.31. The number of ketones is 1. The van der Waals surface area contributed by atoms with E-state index in [0.717, 1.165) is 53.5 Å². The van der Waals surface area contributed by atoms with Gasteiger partial charge >= 0.3 is 10.2 Å². The Labute approximate surface area is 225 Å². The lowest BCUT2D eigenvalue weighted by Gasteiger charge is -2.23. The summed E-state index contributed by atoms with van der Waals surface area (Å²) in [7, 11) is -2.77. The van der Waals surface area contributed by atoms with Crippen molar-refractivity contribution in [2.24, 2.45) is 0 Å². The van der Waals surface area contributed by atoms with E-state index in [1.165, 1.54) is 18.8 Å². The Bertz CT molecular complexity index is 1630. The average Bonchev–Trinajstić information content (AvgIpc) is 3.38. The molecule has 0 atom stereocenters. The number of nitrogens with one attached hydrogen (secondary N) is 3. The normalized spacial score (nSPS) is 14.7. The van der Waals surface area contributed by atoms with E-state index in [2.05, 4.69) is 32.1 Å². The number of fused-ring (bicyclic) bond motifs is 1. The average molecular weight is 554 g/mol. The summed E-state index contributed by atoms with van der Waals surface area (Å²) in [6.07, 6.45) is 5.21. The quantitative estimate of drug-likeness (QED) is 0.272. The van der Waals surface area contributed by atoms with Crippen molar-refractivity contribution in [3.8, 4) is 11.1 Å². The van der Waals surface area contributed by atoms with Crippen molar-refractivity contribution in [3.05, 3.63) is 83.2 Å². The van der Waals surface area contributed by atoms with Crippen LogP contribution in [0.25, 0.3) is 22.2 Å². The second-order valence-corrected chi connectivity index (χ2v) is 11.4. The highest BCUT2D eigenvalue weighted by Gasteiger charge is 2.27. The molecule has 2 aromatic heterocycles. The zero-order valence-electron chi connectivity index (χ0n) is 21.6. The summed E-state index contributed by atoms with van der Waals surface area (Å²) >= 11 is 0. The molecule has 0 aliphatic carbocycles. The lowest BCUT2D eigenvalue weighted by Crippen LogP contribution is -2.32. The maximum atomic E-state index is 15.4. The first-order chi connectivity index (χ1) is 18.7. The van der Waals surface area contributed by atoms with Gasteiger partial charge in [-0.3, -0.25) is 9.52 Å². The standard InChI is InChI=1S/C28H29F2N5O3S/c1-3-35(2)39(37,38)34-24-9-8-23(29)25(26(24)30)27(36)22-16-33-28-21(22)14-20(15-32-28)18-6-4-17(5-7-18)19-10-12-31-13-11-19/h4-9,14-16,19,31,34H,3,10-13H2,1-2H3,(H,32,33). The van der Waals surface area contributed by atoms with Crippen LogP contribution in [-0.2, 0) is 10.2 Å². The van der Waals surface area contributed by atoms with Gasteiger partial charge in [-0.05, 0) is 61.2 Å². The molecule has 1 saturated heterocycles. The topological polar surface area (TPSA) is 107 Å². The molecule has 8 nitrogen and oxygen atoms in total. The smallest absolute Gasteiger partial charge is 0.301 e. The number of hydrogen-bond donors (Lipinski definition) is 3. The third kappa shape index (κ3) is 5.29. The molecule has 39 heavy (non-hydrogen) atoms. The van der Waals surface area contributed by atoms with Crippen LogP contribution in [0.3, 0.4) is 0 Å². The van der Waals surface area contributed by atoms with Gasteiger partial charge in [-0.2, -0.15) is 12.7 Å². The van der Waals surface area contributed by atoms with E-state index in [1.54, 1.807) is 19.2 Å². The van der Waals surface area contributed by atoms with Crippen molar-refractivity contribution in [2.75, 3.05) is 31.4 Å². The number of carbonyl (C=O) groups excluding carboxylic acids is 1. The summed E-state index contributed by atoms with van der Waals surface area (Å²) in [5, 5.41) is 3.77. The molecule has 0 amide bonds. The maximum absolute atomic E-state index is 15.4. The zero-order valence-corrected chi connectivity index (χ0v) is 22.4. The van der Waals surface area contributed by atoms with Crippen molar-refractivity contribution >= 4 is 32.7 Å². The molecule has 0 saturated carbocycles. The van der Waals surface area contributed by atoms with E-state index in [9.17, 15) is 17.6 Å². The van der Waals surface area contributed by atoms with E-state index in [1.807, 2.05) is 12.1 Å². The number of pyridine rings is 1. The molecule has 2 aromatic carbocycles. The van der Waals surface area contributed by atoms with Crippen molar-refractivity contribution in [1.29, 1.82) is 0 Å². The fraction of sp³-hybridized carbons (Fsp3) is 0.286. The number of rotatable bonds is 8. The van der Waals surface area contributed by atoms with Crippen LogP contribution in [-0.4, -0.2) is 55.2 Å². The van der Waals surface area contributed by atoms with Crippen LogP contribution in [0.4, 0.5) is 14.5 Å². The molecule has 3 N–H and O–H groups in total. The lowest BCUT2D eigenvalue weighted by molar-refractivity contribution is 0.103. The van der Waals surface area contributed by atoms with Crippen molar-refractivity contribution in [2.45, 2.75) is 25.7 Å². The molecule has 4 aromatic rings. The Morgan fingerprint density at radius 1 is 1.10 bits per heavy atom. The van der Waals surface area contributed by atoms with Gasteiger partial charge < -0.3 is 10.3 Å². The van der Waals surface area contributed by atoms with Gasteiger partial charge in [0.1, 0.15) is 11.5 Å². The highest BCUT2D eigenvalue weighted by atomic mass is 32.2. The van der Waals surface area contributed by atoms with Gasteiger partial charge in [-0.15, -0.1) is 0 Å². The van der Waals surface area contributed by atoms with Crippen LogP contribution in [0.1, 0.15) is 47.2 Å². The first-order valence-corrected chi connectivity index (χ1v) is 14.2. The number of H-pyrrole nitrogens is 1. The minimum absolute atomic E-state index is 0.0224. The van der Waals surface area contributed by atoms with Gasteiger partial charge in [0.05, 0.1) is 11.3 Å². The third-order valence-corrected chi connectivity index (χ3v) is 8.80. The molecule has 1 fully saturated rings. The minimum Gasteiger partial charge on any atom is -0.345 e.